The number of ether oxygens (including phenoxy) is 3. The summed E-state index contributed by atoms with van der Waals surface area (Å²) in [6.45, 7) is 2.56. The summed E-state index contributed by atoms with van der Waals surface area (Å²) in [6, 6.07) is 9.05. The first kappa shape index (κ1) is 27.3. The lowest BCUT2D eigenvalue weighted by Gasteiger charge is -2.11. The van der Waals surface area contributed by atoms with E-state index < -0.39 is 11.9 Å². The smallest absolute Gasteiger partial charge is 0.337 e. The molecule has 1 aromatic heterocycles. The van der Waals surface area contributed by atoms with E-state index in [1.54, 1.807) is 18.2 Å². The summed E-state index contributed by atoms with van der Waals surface area (Å²) in [5, 5.41) is 12.4. The molecule has 1 N–H and O–H groups in total. The standard InChI is InChI=1S/C23H22Cl2N4O6S/c1-4-29-19(11-35-18-10-15(24)5-6-17(18)25)27-28-23(29)36-12-20(30)26-16-8-13(21(31)33-2)7-14(9-16)22(32)34-3/h5-10H,4,11-12H2,1-3H3,(H,26,30). The molecule has 0 bridgehead atoms. The van der Waals surface area contributed by atoms with Crippen molar-refractivity contribution in [3.05, 3.63) is 63.4 Å². The molecule has 13 heteroatoms. The van der Waals surface area contributed by atoms with E-state index in [1.165, 1.54) is 44.2 Å². The average molecular weight is 553 g/mol. The Labute approximate surface area is 221 Å². The van der Waals surface area contributed by atoms with Gasteiger partial charge in [0, 0.05) is 23.3 Å². The second-order valence-electron chi connectivity index (χ2n) is 7.13. The molecule has 3 rings (SSSR count). The highest BCUT2D eigenvalue weighted by Gasteiger charge is 2.17. The molecule has 1 amide bonds. The van der Waals surface area contributed by atoms with E-state index in [4.69, 9.17) is 37.4 Å². The van der Waals surface area contributed by atoms with E-state index in [-0.39, 0.29) is 35.1 Å². The third kappa shape index (κ3) is 6.90. The van der Waals surface area contributed by atoms with Crippen LogP contribution in [0.5, 0.6) is 5.75 Å². The monoisotopic (exact) mass is 552 g/mol. The molecular weight excluding hydrogens is 531 g/mol. The predicted octanol–water partition coefficient (Wildman–Crippen LogP) is 4.49. The zero-order chi connectivity index (χ0) is 26.2. The van der Waals surface area contributed by atoms with Crippen LogP contribution >= 0.6 is 35.0 Å². The first-order chi connectivity index (χ1) is 17.2. The van der Waals surface area contributed by atoms with Crippen molar-refractivity contribution in [3.63, 3.8) is 0 Å². The summed E-state index contributed by atoms with van der Waals surface area (Å²) in [6.07, 6.45) is 0. The van der Waals surface area contributed by atoms with Gasteiger partial charge < -0.3 is 24.1 Å². The quantitative estimate of drug-likeness (QED) is 0.286. The highest BCUT2D eigenvalue weighted by atomic mass is 35.5. The third-order valence-electron chi connectivity index (χ3n) is 4.75. The van der Waals surface area contributed by atoms with E-state index >= 15 is 0 Å². The Bertz CT molecular complexity index is 1250. The van der Waals surface area contributed by atoms with Gasteiger partial charge in [0.2, 0.25) is 5.91 Å². The molecule has 2 aromatic carbocycles. The van der Waals surface area contributed by atoms with Crippen LogP contribution in [0.15, 0.2) is 41.6 Å². The number of thioether (sulfide) groups is 1. The lowest BCUT2D eigenvalue weighted by atomic mass is 10.1. The van der Waals surface area contributed by atoms with Crippen LogP contribution in [0.3, 0.4) is 0 Å². The molecule has 190 valence electrons. The average Bonchev–Trinajstić information content (AvgIpc) is 3.28. The maximum atomic E-state index is 12.6. The Hall–Kier alpha value is -3.28. The molecular formula is C23H22Cl2N4O6S. The minimum atomic E-state index is -0.657. The number of nitrogens with zero attached hydrogens (tertiary/aromatic N) is 3. The van der Waals surface area contributed by atoms with Crippen molar-refractivity contribution < 1.29 is 28.6 Å². The third-order valence-corrected chi connectivity index (χ3v) is 6.27. The lowest BCUT2D eigenvalue weighted by Crippen LogP contribution is -2.16. The number of halogens is 2. The predicted molar refractivity (Wildman–Crippen MR) is 135 cm³/mol. The number of amides is 1. The van der Waals surface area contributed by atoms with Gasteiger partial charge in [0.05, 0.1) is 36.1 Å². The number of hydrogen-bond acceptors (Lipinski definition) is 9. The van der Waals surface area contributed by atoms with E-state index in [1.807, 2.05) is 11.5 Å². The normalized spacial score (nSPS) is 10.6. The number of methoxy groups -OCH3 is 2. The van der Waals surface area contributed by atoms with Crippen LogP contribution in [0.25, 0.3) is 0 Å². The molecule has 10 nitrogen and oxygen atoms in total. The van der Waals surface area contributed by atoms with Gasteiger partial charge in [-0.25, -0.2) is 9.59 Å². The van der Waals surface area contributed by atoms with Crippen LogP contribution in [0.2, 0.25) is 10.0 Å². The molecule has 0 radical (unpaired) electrons. The highest BCUT2D eigenvalue weighted by molar-refractivity contribution is 7.99. The fraction of sp³-hybridized carbons (Fsp3) is 0.261. The fourth-order valence-electron chi connectivity index (χ4n) is 3.08. The van der Waals surface area contributed by atoms with Crippen LogP contribution in [0.1, 0.15) is 33.5 Å². The zero-order valence-electron chi connectivity index (χ0n) is 19.5. The van der Waals surface area contributed by atoms with Crippen molar-refractivity contribution in [2.75, 3.05) is 25.3 Å². The van der Waals surface area contributed by atoms with E-state index in [2.05, 4.69) is 15.5 Å². The molecule has 0 atom stereocenters. The number of esters is 2. The van der Waals surface area contributed by atoms with Gasteiger partial charge in [0.15, 0.2) is 11.0 Å². The van der Waals surface area contributed by atoms with Crippen LogP contribution in [-0.2, 0) is 27.4 Å². The molecule has 0 aliphatic rings. The highest BCUT2D eigenvalue weighted by Crippen LogP contribution is 2.28. The number of aromatic nitrogens is 3. The minimum absolute atomic E-state index is 0.00484. The van der Waals surface area contributed by atoms with Crippen LogP contribution in [0, 0.1) is 0 Å². The molecule has 0 saturated heterocycles. The number of benzene rings is 2. The van der Waals surface area contributed by atoms with Crippen molar-refractivity contribution in [2.24, 2.45) is 0 Å². The second-order valence-corrected chi connectivity index (χ2v) is 8.91. The summed E-state index contributed by atoms with van der Waals surface area (Å²) in [7, 11) is 2.43. The summed E-state index contributed by atoms with van der Waals surface area (Å²) >= 11 is 13.3. The number of rotatable bonds is 10. The van der Waals surface area contributed by atoms with Gasteiger partial charge in [-0.2, -0.15) is 0 Å². The Morgan fingerprint density at radius 3 is 2.28 bits per heavy atom. The van der Waals surface area contributed by atoms with E-state index in [0.717, 1.165) is 0 Å². The molecule has 0 aliphatic heterocycles. The van der Waals surface area contributed by atoms with Gasteiger partial charge >= 0.3 is 11.9 Å². The Morgan fingerprint density at radius 1 is 1.00 bits per heavy atom. The maximum Gasteiger partial charge on any atom is 0.337 e. The van der Waals surface area contributed by atoms with Crippen molar-refractivity contribution in [1.29, 1.82) is 0 Å². The minimum Gasteiger partial charge on any atom is -0.484 e. The topological polar surface area (TPSA) is 122 Å². The number of carbonyl (C=O) groups is 3. The van der Waals surface area contributed by atoms with Gasteiger partial charge in [0.25, 0.3) is 0 Å². The van der Waals surface area contributed by atoms with Crippen LogP contribution < -0.4 is 10.1 Å². The first-order valence-corrected chi connectivity index (χ1v) is 12.2. The Kier molecular flexibility index (Phi) is 9.57. The SMILES string of the molecule is CCn1c(COc2cc(Cl)ccc2Cl)nnc1SCC(=O)Nc1cc(C(=O)OC)cc(C(=O)OC)c1. The summed E-state index contributed by atoms with van der Waals surface area (Å²) in [5.41, 5.74) is 0.436. The number of nitrogens with one attached hydrogen (secondary N) is 1. The molecule has 1 heterocycles. The Morgan fingerprint density at radius 2 is 1.67 bits per heavy atom. The molecule has 0 aliphatic carbocycles. The van der Waals surface area contributed by atoms with Gasteiger partial charge in [-0.3, -0.25) is 4.79 Å². The molecule has 0 fully saturated rings. The van der Waals surface area contributed by atoms with E-state index in [0.29, 0.717) is 33.3 Å². The lowest BCUT2D eigenvalue weighted by molar-refractivity contribution is -0.113. The van der Waals surface area contributed by atoms with Crippen molar-refractivity contribution >= 4 is 58.5 Å². The second kappa shape index (κ2) is 12.6. The summed E-state index contributed by atoms with van der Waals surface area (Å²) < 4.78 is 17.0. The molecule has 36 heavy (non-hydrogen) atoms. The number of hydrogen-bond donors (Lipinski definition) is 1. The van der Waals surface area contributed by atoms with E-state index in [9.17, 15) is 14.4 Å². The van der Waals surface area contributed by atoms with Crippen LogP contribution in [-0.4, -0.2) is 52.6 Å². The molecule has 3 aromatic rings. The molecule has 0 unspecified atom stereocenters. The molecule has 0 saturated carbocycles. The van der Waals surface area contributed by atoms with Gasteiger partial charge in [-0.05, 0) is 37.3 Å². The Balaban J connectivity index is 1.67. The van der Waals surface area contributed by atoms with Crippen LogP contribution in [0.4, 0.5) is 5.69 Å². The first-order valence-electron chi connectivity index (χ1n) is 10.5. The summed E-state index contributed by atoms with van der Waals surface area (Å²) in [5.74, 6) is -0.735. The van der Waals surface area contributed by atoms with Gasteiger partial charge in [-0.1, -0.05) is 35.0 Å². The number of anilines is 1. The maximum absolute atomic E-state index is 12.6. The summed E-state index contributed by atoms with van der Waals surface area (Å²) in [4.78, 5) is 36.5. The fourth-order valence-corrected chi connectivity index (χ4v) is 4.23. The van der Waals surface area contributed by atoms with Gasteiger partial charge in [-0.15, -0.1) is 10.2 Å². The van der Waals surface area contributed by atoms with Gasteiger partial charge in [0.1, 0.15) is 12.4 Å². The zero-order valence-corrected chi connectivity index (χ0v) is 21.9. The van der Waals surface area contributed by atoms with Crippen molar-refractivity contribution in [2.45, 2.75) is 25.2 Å². The largest absolute Gasteiger partial charge is 0.484 e. The van der Waals surface area contributed by atoms with Crippen molar-refractivity contribution in [1.82, 2.24) is 14.8 Å². The molecule has 0 spiro atoms. The number of carbonyl (C=O) groups excluding carboxylic acids is 3. The van der Waals surface area contributed by atoms with Crippen molar-refractivity contribution in [3.8, 4) is 5.75 Å².